The first kappa shape index (κ1) is 13.9. The highest BCUT2D eigenvalue weighted by Crippen LogP contribution is 2.46. The number of urea groups is 1. The molecule has 0 bridgehead atoms. The summed E-state index contributed by atoms with van der Waals surface area (Å²) in [7, 11) is 1.63. The van der Waals surface area contributed by atoms with Crippen molar-refractivity contribution < 1.29 is 24.3 Å². The van der Waals surface area contributed by atoms with Crippen LogP contribution in [-0.4, -0.2) is 53.8 Å². The minimum atomic E-state index is -0.960. The van der Waals surface area contributed by atoms with E-state index in [9.17, 15) is 14.8 Å². The van der Waals surface area contributed by atoms with Crippen LogP contribution in [0, 0.1) is 5.41 Å². The number of hydroxylamine groups is 2. The molecule has 2 amide bonds. The molecule has 2 rings (SSSR count). The minimum Gasteiger partial charge on any atom is -0.435 e. The van der Waals surface area contributed by atoms with E-state index < -0.39 is 23.8 Å². The van der Waals surface area contributed by atoms with Gasteiger partial charge in [0.15, 0.2) is 0 Å². The first-order chi connectivity index (χ1) is 9.00. The van der Waals surface area contributed by atoms with E-state index in [-0.39, 0.29) is 6.61 Å². The second kappa shape index (κ2) is 5.24. The molecule has 1 heterocycles. The highest BCUT2D eigenvalue weighted by atomic mass is 16.7. The van der Waals surface area contributed by atoms with Crippen molar-refractivity contribution >= 4 is 12.2 Å². The van der Waals surface area contributed by atoms with Crippen molar-refractivity contribution in [1.82, 2.24) is 9.96 Å². The maximum Gasteiger partial charge on any atom is 0.510 e. The molecule has 108 valence electrons. The average molecular weight is 272 g/mol. The van der Waals surface area contributed by atoms with E-state index in [0.717, 1.165) is 25.7 Å². The second-order valence-corrected chi connectivity index (χ2v) is 5.21. The van der Waals surface area contributed by atoms with Crippen LogP contribution in [0.1, 0.15) is 32.6 Å². The lowest BCUT2D eigenvalue weighted by molar-refractivity contribution is -0.231. The predicted octanol–water partition coefficient (Wildman–Crippen LogP) is 1.80. The van der Waals surface area contributed by atoms with Crippen molar-refractivity contribution in [2.75, 3.05) is 20.2 Å². The van der Waals surface area contributed by atoms with E-state index in [1.54, 1.807) is 14.0 Å². The standard InChI is InChI=1S/C12H20N2O5/c1-3-18-11(16)19-9-12(6-4-5-7-12)8-13(2)10(15)14(9)17/h9,17H,3-8H2,1-2H3. The molecule has 1 saturated heterocycles. The first-order valence-electron chi connectivity index (χ1n) is 6.57. The number of amides is 2. The zero-order valence-corrected chi connectivity index (χ0v) is 11.3. The van der Waals surface area contributed by atoms with Crippen molar-refractivity contribution in [2.45, 2.75) is 38.8 Å². The Morgan fingerprint density at radius 3 is 2.68 bits per heavy atom. The lowest BCUT2D eigenvalue weighted by atomic mass is 9.82. The summed E-state index contributed by atoms with van der Waals surface area (Å²) in [6, 6.07) is -0.563. The zero-order valence-electron chi connectivity index (χ0n) is 11.3. The molecule has 1 atom stereocenters. The minimum absolute atomic E-state index is 0.192. The van der Waals surface area contributed by atoms with E-state index in [1.807, 2.05) is 0 Å². The summed E-state index contributed by atoms with van der Waals surface area (Å²) in [4.78, 5) is 24.7. The molecule has 2 aliphatic rings. The number of carbonyl (C=O) groups excluding carboxylic acids is 2. The summed E-state index contributed by atoms with van der Waals surface area (Å²) >= 11 is 0. The number of hydrogen-bond donors (Lipinski definition) is 1. The van der Waals surface area contributed by atoms with Crippen LogP contribution in [-0.2, 0) is 9.47 Å². The Bertz CT molecular complexity index is 367. The maximum absolute atomic E-state index is 11.8. The van der Waals surface area contributed by atoms with E-state index in [4.69, 9.17) is 9.47 Å². The molecule has 1 unspecified atom stereocenters. The molecule has 7 heteroatoms. The fourth-order valence-corrected chi connectivity index (χ4v) is 3.05. The van der Waals surface area contributed by atoms with Gasteiger partial charge in [0, 0.05) is 19.0 Å². The van der Waals surface area contributed by atoms with Gasteiger partial charge in [0.1, 0.15) is 0 Å². The first-order valence-corrected chi connectivity index (χ1v) is 6.57. The van der Waals surface area contributed by atoms with Crippen molar-refractivity contribution in [3.05, 3.63) is 0 Å². The highest BCUT2D eigenvalue weighted by molar-refractivity contribution is 5.74. The maximum atomic E-state index is 11.8. The molecule has 1 aliphatic heterocycles. The van der Waals surface area contributed by atoms with Crippen LogP contribution in [0.25, 0.3) is 0 Å². The van der Waals surface area contributed by atoms with Gasteiger partial charge in [0.2, 0.25) is 6.23 Å². The van der Waals surface area contributed by atoms with Gasteiger partial charge < -0.3 is 14.4 Å². The van der Waals surface area contributed by atoms with Gasteiger partial charge in [-0.25, -0.2) is 9.59 Å². The van der Waals surface area contributed by atoms with Crippen LogP contribution in [0.5, 0.6) is 0 Å². The molecule has 1 saturated carbocycles. The van der Waals surface area contributed by atoms with Crippen LogP contribution in [0.2, 0.25) is 0 Å². The molecule has 19 heavy (non-hydrogen) atoms. The predicted molar refractivity (Wildman–Crippen MR) is 64.4 cm³/mol. The molecule has 0 aromatic heterocycles. The highest BCUT2D eigenvalue weighted by Gasteiger charge is 2.53. The molecular formula is C12H20N2O5. The van der Waals surface area contributed by atoms with Gasteiger partial charge in [-0.2, -0.15) is 5.06 Å². The third-order valence-electron chi connectivity index (χ3n) is 3.89. The second-order valence-electron chi connectivity index (χ2n) is 5.21. The van der Waals surface area contributed by atoms with Gasteiger partial charge in [-0.3, -0.25) is 5.21 Å². The topological polar surface area (TPSA) is 79.3 Å². The van der Waals surface area contributed by atoms with Crippen LogP contribution in [0.15, 0.2) is 0 Å². The van der Waals surface area contributed by atoms with Crippen LogP contribution in [0.4, 0.5) is 9.59 Å². The number of nitrogens with zero attached hydrogens (tertiary/aromatic N) is 2. The summed E-state index contributed by atoms with van der Waals surface area (Å²) in [5, 5.41) is 10.5. The quantitative estimate of drug-likeness (QED) is 0.612. The Balaban J connectivity index is 2.19. The van der Waals surface area contributed by atoms with Gasteiger partial charge in [-0.05, 0) is 19.8 Å². The van der Waals surface area contributed by atoms with Crippen molar-refractivity contribution in [1.29, 1.82) is 0 Å². The summed E-state index contributed by atoms with van der Waals surface area (Å²) in [6.45, 7) is 2.34. The number of ether oxygens (including phenoxy) is 2. The van der Waals surface area contributed by atoms with Crippen LogP contribution < -0.4 is 0 Å². The van der Waals surface area contributed by atoms with Gasteiger partial charge in [0.05, 0.1) is 6.61 Å². The molecule has 1 N–H and O–H groups in total. The molecule has 7 nitrogen and oxygen atoms in total. The Hall–Kier alpha value is -1.50. The summed E-state index contributed by atoms with van der Waals surface area (Å²) in [5.74, 6) is 0. The molecular weight excluding hydrogens is 252 g/mol. The number of rotatable bonds is 2. The van der Waals surface area contributed by atoms with Crippen molar-refractivity contribution in [3.63, 3.8) is 0 Å². The fraction of sp³-hybridized carbons (Fsp3) is 0.833. The monoisotopic (exact) mass is 272 g/mol. The van der Waals surface area contributed by atoms with E-state index in [1.165, 1.54) is 4.90 Å². The van der Waals surface area contributed by atoms with Gasteiger partial charge in [0.25, 0.3) is 0 Å². The average Bonchev–Trinajstić information content (AvgIpc) is 2.82. The largest absolute Gasteiger partial charge is 0.510 e. The van der Waals surface area contributed by atoms with E-state index >= 15 is 0 Å². The van der Waals surface area contributed by atoms with Gasteiger partial charge in [-0.15, -0.1) is 0 Å². The number of carbonyl (C=O) groups is 2. The SMILES string of the molecule is CCOC(=O)OC1N(O)C(=O)N(C)CC12CCCC2. The molecule has 2 fully saturated rings. The zero-order chi connectivity index (χ0) is 14.0. The van der Waals surface area contributed by atoms with Crippen molar-refractivity contribution in [3.8, 4) is 0 Å². The Morgan fingerprint density at radius 1 is 1.47 bits per heavy atom. The van der Waals surface area contributed by atoms with Gasteiger partial charge >= 0.3 is 12.2 Å². The Kier molecular flexibility index (Phi) is 3.84. The smallest absolute Gasteiger partial charge is 0.435 e. The fourth-order valence-electron chi connectivity index (χ4n) is 3.05. The summed E-state index contributed by atoms with van der Waals surface area (Å²) in [5.41, 5.74) is -0.399. The lowest BCUT2D eigenvalue weighted by Crippen LogP contribution is -2.62. The Labute approximate surface area is 112 Å². The molecule has 1 spiro atoms. The van der Waals surface area contributed by atoms with Crippen LogP contribution in [0.3, 0.4) is 0 Å². The van der Waals surface area contributed by atoms with Gasteiger partial charge in [-0.1, -0.05) is 12.8 Å². The third kappa shape index (κ3) is 2.47. The van der Waals surface area contributed by atoms with E-state index in [0.29, 0.717) is 11.6 Å². The Morgan fingerprint density at radius 2 is 2.11 bits per heavy atom. The summed E-state index contributed by atoms with van der Waals surface area (Å²) in [6.07, 6.45) is 1.81. The third-order valence-corrected chi connectivity index (χ3v) is 3.89. The van der Waals surface area contributed by atoms with Crippen LogP contribution >= 0.6 is 0 Å². The lowest BCUT2D eigenvalue weighted by Gasteiger charge is -2.47. The number of hydrogen-bond acceptors (Lipinski definition) is 5. The summed E-state index contributed by atoms with van der Waals surface area (Å²) < 4.78 is 9.90. The molecule has 0 aromatic rings. The molecule has 0 aromatic carbocycles. The molecule has 0 radical (unpaired) electrons. The normalized spacial score (nSPS) is 25.8. The van der Waals surface area contributed by atoms with Crippen molar-refractivity contribution in [2.24, 2.45) is 5.41 Å². The van der Waals surface area contributed by atoms with E-state index in [2.05, 4.69) is 0 Å². The molecule has 1 aliphatic carbocycles.